The Labute approximate surface area is 118 Å². The maximum atomic E-state index is 5.69. The molecule has 1 unspecified atom stereocenters. The van der Waals surface area contributed by atoms with Gasteiger partial charge in [0.05, 0.1) is 6.61 Å². The van der Waals surface area contributed by atoms with Gasteiger partial charge in [0, 0.05) is 0 Å². The Morgan fingerprint density at radius 2 is 1.95 bits per heavy atom. The third kappa shape index (κ3) is 5.23. The van der Waals surface area contributed by atoms with Crippen LogP contribution in [0.25, 0.3) is 0 Å². The monoisotopic (exact) mass is 263 g/mol. The second kappa shape index (κ2) is 8.98. The predicted octanol–water partition coefficient (Wildman–Crippen LogP) is 4.41. The SMILES string of the molecule is CCCOc1ccc(C(CCC)CCCN)c(C)c1. The molecule has 0 amide bonds. The molecule has 108 valence electrons. The highest BCUT2D eigenvalue weighted by Crippen LogP contribution is 2.30. The van der Waals surface area contributed by atoms with Crippen molar-refractivity contribution in [3.05, 3.63) is 29.3 Å². The molecule has 0 bridgehead atoms. The topological polar surface area (TPSA) is 35.2 Å². The number of ether oxygens (including phenoxy) is 1. The minimum atomic E-state index is 0.647. The van der Waals surface area contributed by atoms with Crippen LogP contribution in [-0.4, -0.2) is 13.2 Å². The van der Waals surface area contributed by atoms with Crippen LogP contribution in [0.1, 0.15) is 63.0 Å². The summed E-state index contributed by atoms with van der Waals surface area (Å²) in [5.41, 5.74) is 8.47. The summed E-state index contributed by atoms with van der Waals surface area (Å²) >= 11 is 0. The summed E-state index contributed by atoms with van der Waals surface area (Å²) in [6, 6.07) is 6.54. The first-order valence-electron chi connectivity index (χ1n) is 7.66. The first kappa shape index (κ1) is 16.0. The lowest BCUT2D eigenvalue weighted by atomic mass is 9.87. The van der Waals surface area contributed by atoms with Gasteiger partial charge in [-0.15, -0.1) is 0 Å². The zero-order chi connectivity index (χ0) is 14.1. The van der Waals surface area contributed by atoms with Gasteiger partial charge in [-0.05, 0) is 68.3 Å². The van der Waals surface area contributed by atoms with Gasteiger partial charge in [0.25, 0.3) is 0 Å². The fraction of sp³-hybridized carbons (Fsp3) is 0.647. The third-order valence-electron chi connectivity index (χ3n) is 3.55. The van der Waals surface area contributed by atoms with E-state index in [2.05, 4.69) is 39.0 Å². The molecule has 0 saturated heterocycles. The van der Waals surface area contributed by atoms with Crippen molar-refractivity contribution >= 4 is 0 Å². The second-order valence-corrected chi connectivity index (χ2v) is 5.28. The van der Waals surface area contributed by atoms with E-state index in [-0.39, 0.29) is 0 Å². The second-order valence-electron chi connectivity index (χ2n) is 5.28. The number of aryl methyl sites for hydroxylation is 1. The van der Waals surface area contributed by atoms with Crippen molar-refractivity contribution < 1.29 is 4.74 Å². The Kier molecular flexibility index (Phi) is 7.57. The van der Waals surface area contributed by atoms with Gasteiger partial charge in [0.1, 0.15) is 5.75 Å². The molecule has 2 N–H and O–H groups in total. The van der Waals surface area contributed by atoms with Crippen molar-refractivity contribution in [1.82, 2.24) is 0 Å². The normalized spacial score (nSPS) is 12.4. The summed E-state index contributed by atoms with van der Waals surface area (Å²) in [5, 5.41) is 0. The van der Waals surface area contributed by atoms with E-state index in [1.54, 1.807) is 0 Å². The lowest BCUT2D eigenvalue weighted by molar-refractivity contribution is 0.317. The van der Waals surface area contributed by atoms with Gasteiger partial charge in [0.2, 0.25) is 0 Å². The molecule has 2 nitrogen and oxygen atoms in total. The molecular formula is C17H29NO. The van der Waals surface area contributed by atoms with Gasteiger partial charge in [-0.2, -0.15) is 0 Å². The van der Waals surface area contributed by atoms with Crippen LogP contribution in [0.3, 0.4) is 0 Å². The van der Waals surface area contributed by atoms with E-state index in [1.165, 1.54) is 30.4 Å². The summed E-state index contributed by atoms with van der Waals surface area (Å²) in [6.45, 7) is 8.16. The van der Waals surface area contributed by atoms with Crippen LogP contribution in [0.2, 0.25) is 0 Å². The van der Waals surface area contributed by atoms with Crippen LogP contribution < -0.4 is 10.5 Å². The Balaban J connectivity index is 2.78. The molecule has 0 fully saturated rings. The number of benzene rings is 1. The summed E-state index contributed by atoms with van der Waals surface area (Å²) in [7, 11) is 0. The lowest BCUT2D eigenvalue weighted by Gasteiger charge is -2.19. The highest BCUT2D eigenvalue weighted by atomic mass is 16.5. The Hall–Kier alpha value is -1.02. The van der Waals surface area contributed by atoms with Crippen LogP contribution in [-0.2, 0) is 0 Å². The third-order valence-corrected chi connectivity index (χ3v) is 3.55. The maximum absolute atomic E-state index is 5.69. The first-order chi connectivity index (χ1) is 9.22. The molecule has 1 rings (SSSR count). The number of rotatable bonds is 9. The molecule has 19 heavy (non-hydrogen) atoms. The van der Waals surface area contributed by atoms with E-state index in [0.717, 1.165) is 31.7 Å². The molecule has 1 aromatic rings. The van der Waals surface area contributed by atoms with Crippen molar-refractivity contribution in [2.24, 2.45) is 5.73 Å². The Bertz CT molecular complexity index is 362. The zero-order valence-electron chi connectivity index (χ0n) is 12.7. The van der Waals surface area contributed by atoms with Crippen molar-refractivity contribution in [3.8, 4) is 5.75 Å². The van der Waals surface area contributed by atoms with E-state index in [4.69, 9.17) is 10.5 Å². The summed E-state index contributed by atoms with van der Waals surface area (Å²) in [4.78, 5) is 0. The number of nitrogens with two attached hydrogens (primary N) is 1. The summed E-state index contributed by atoms with van der Waals surface area (Å²) < 4.78 is 5.69. The van der Waals surface area contributed by atoms with Crippen molar-refractivity contribution in [1.29, 1.82) is 0 Å². The van der Waals surface area contributed by atoms with Gasteiger partial charge in [-0.25, -0.2) is 0 Å². The van der Waals surface area contributed by atoms with Gasteiger partial charge < -0.3 is 10.5 Å². The van der Waals surface area contributed by atoms with Crippen molar-refractivity contribution in [2.45, 2.75) is 58.8 Å². The highest BCUT2D eigenvalue weighted by molar-refractivity contribution is 5.37. The average molecular weight is 263 g/mol. The standard InChI is InChI=1S/C17H29NO/c1-4-7-15(8-6-11-18)17-10-9-16(13-14(17)3)19-12-5-2/h9-10,13,15H,4-8,11-12,18H2,1-3H3. The molecule has 1 aromatic carbocycles. The van der Waals surface area contributed by atoms with Crippen LogP contribution in [0, 0.1) is 6.92 Å². The van der Waals surface area contributed by atoms with Gasteiger partial charge >= 0.3 is 0 Å². The summed E-state index contributed by atoms with van der Waals surface area (Å²) in [5.74, 6) is 1.64. The minimum absolute atomic E-state index is 0.647. The molecule has 0 spiro atoms. The summed E-state index contributed by atoms with van der Waals surface area (Å²) in [6.07, 6.45) is 5.83. The molecule has 2 heteroatoms. The molecule has 0 aromatic heterocycles. The van der Waals surface area contributed by atoms with E-state index < -0.39 is 0 Å². The van der Waals surface area contributed by atoms with Crippen LogP contribution in [0.4, 0.5) is 0 Å². The van der Waals surface area contributed by atoms with E-state index in [1.807, 2.05) is 0 Å². The van der Waals surface area contributed by atoms with Crippen molar-refractivity contribution in [3.63, 3.8) is 0 Å². The van der Waals surface area contributed by atoms with Gasteiger partial charge in [-0.3, -0.25) is 0 Å². The maximum Gasteiger partial charge on any atom is 0.119 e. The quantitative estimate of drug-likeness (QED) is 0.716. The average Bonchev–Trinajstić information content (AvgIpc) is 2.41. The van der Waals surface area contributed by atoms with Crippen molar-refractivity contribution in [2.75, 3.05) is 13.2 Å². The fourth-order valence-electron chi connectivity index (χ4n) is 2.58. The minimum Gasteiger partial charge on any atom is -0.494 e. The van der Waals surface area contributed by atoms with Crippen LogP contribution >= 0.6 is 0 Å². The molecule has 1 atom stereocenters. The largest absolute Gasteiger partial charge is 0.494 e. The molecule has 0 saturated carbocycles. The highest BCUT2D eigenvalue weighted by Gasteiger charge is 2.13. The predicted molar refractivity (Wildman–Crippen MR) is 82.9 cm³/mol. The molecular weight excluding hydrogens is 234 g/mol. The molecule has 0 heterocycles. The van der Waals surface area contributed by atoms with E-state index in [0.29, 0.717) is 5.92 Å². The first-order valence-corrected chi connectivity index (χ1v) is 7.66. The number of hydrogen-bond acceptors (Lipinski definition) is 2. The van der Waals surface area contributed by atoms with Gasteiger partial charge in [0.15, 0.2) is 0 Å². The lowest BCUT2D eigenvalue weighted by Crippen LogP contribution is -2.06. The smallest absolute Gasteiger partial charge is 0.119 e. The fourth-order valence-corrected chi connectivity index (χ4v) is 2.58. The Morgan fingerprint density at radius 3 is 2.53 bits per heavy atom. The van der Waals surface area contributed by atoms with Gasteiger partial charge in [-0.1, -0.05) is 26.3 Å². The molecule has 0 radical (unpaired) electrons. The molecule has 0 aliphatic carbocycles. The van der Waals surface area contributed by atoms with Crippen LogP contribution in [0.15, 0.2) is 18.2 Å². The Morgan fingerprint density at radius 1 is 1.16 bits per heavy atom. The molecule has 0 aliphatic rings. The zero-order valence-corrected chi connectivity index (χ0v) is 12.7. The number of hydrogen-bond donors (Lipinski definition) is 1. The molecule has 0 aliphatic heterocycles. The van der Waals surface area contributed by atoms with E-state index >= 15 is 0 Å². The van der Waals surface area contributed by atoms with Crippen LogP contribution in [0.5, 0.6) is 5.75 Å². The van der Waals surface area contributed by atoms with E-state index in [9.17, 15) is 0 Å².